The number of anilines is 4. The number of benzene rings is 1. The number of rotatable bonds is 5. The number of hydrogen-bond donors (Lipinski definition) is 2. The molecule has 1 aliphatic heterocycles. The van der Waals surface area contributed by atoms with E-state index >= 15 is 0 Å². The van der Waals surface area contributed by atoms with Gasteiger partial charge in [-0.15, -0.1) is 0 Å². The lowest BCUT2D eigenvalue weighted by molar-refractivity contribution is 0.122. The van der Waals surface area contributed by atoms with Crippen LogP contribution in [0.25, 0.3) is 0 Å². The van der Waals surface area contributed by atoms with Crippen molar-refractivity contribution in [2.75, 3.05) is 67.9 Å². The molecule has 150 valence electrons. The van der Waals surface area contributed by atoms with Gasteiger partial charge in [0.15, 0.2) is 5.82 Å². The van der Waals surface area contributed by atoms with E-state index in [0.29, 0.717) is 47.1 Å². The van der Waals surface area contributed by atoms with E-state index in [1.54, 1.807) is 24.4 Å². The van der Waals surface area contributed by atoms with Gasteiger partial charge >= 0.3 is 6.03 Å². The van der Waals surface area contributed by atoms with Crippen molar-refractivity contribution in [1.82, 2.24) is 9.97 Å². The Morgan fingerprint density at radius 2 is 1.96 bits per heavy atom. The molecule has 2 amide bonds. The largest absolute Gasteiger partial charge is 0.495 e. The molecule has 0 unspecified atom stereocenters. The second kappa shape index (κ2) is 8.94. The van der Waals surface area contributed by atoms with Gasteiger partial charge in [-0.05, 0) is 18.2 Å². The number of morpholine rings is 1. The van der Waals surface area contributed by atoms with Gasteiger partial charge in [0.05, 0.1) is 32.2 Å². The Morgan fingerprint density at radius 1 is 1.25 bits per heavy atom. The first-order chi connectivity index (χ1) is 13.5. The molecule has 3 rings (SSSR count). The number of amides is 2. The van der Waals surface area contributed by atoms with Gasteiger partial charge in [0.1, 0.15) is 11.4 Å². The van der Waals surface area contributed by atoms with E-state index in [2.05, 4.69) is 25.5 Å². The second-order valence-corrected chi connectivity index (χ2v) is 6.76. The van der Waals surface area contributed by atoms with Crippen molar-refractivity contribution in [3.63, 3.8) is 0 Å². The summed E-state index contributed by atoms with van der Waals surface area (Å²) in [6.07, 6.45) is 1.60. The summed E-state index contributed by atoms with van der Waals surface area (Å²) in [6, 6.07) is 4.53. The number of carbonyl (C=O) groups excluding carboxylic acids is 1. The van der Waals surface area contributed by atoms with Crippen LogP contribution in [0.2, 0.25) is 5.02 Å². The average Bonchev–Trinajstić information content (AvgIpc) is 2.69. The third-order valence-electron chi connectivity index (χ3n) is 4.13. The number of ether oxygens (including phenoxy) is 2. The number of nitrogens with zero attached hydrogens (tertiary/aromatic N) is 4. The van der Waals surface area contributed by atoms with Crippen LogP contribution in [0.5, 0.6) is 5.75 Å². The summed E-state index contributed by atoms with van der Waals surface area (Å²) >= 11 is 6.01. The van der Waals surface area contributed by atoms with Crippen molar-refractivity contribution >= 4 is 40.8 Å². The van der Waals surface area contributed by atoms with Gasteiger partial charge in [0, 0.05) is 32.2 Å². The monoisotopic (exact) mass is 406 g/mol. The normalized spacial score (nSPS) is 13.8. The number of nitrogens with one attached hydrogen (secondary N) is 2. The van der Waals surface area contributed by atoms with Crippen molar-refractivity contribution in [2.45, 2.75) is 0 Å². The van der Waals surface area contributed by atoms with Gasteiger partial charge in [-0.25, -0.2) is 9.78 Å². The van der Waals surface area contributed by atoms with Crippen LogP contribution >= 0.6 is 11.6 Å². The molecule has 0 aliphatic carbocycles. The van der Waals surface area contributed by atoms with E-state index in [-0.39, 0.29) is 0 Å². The smallest absolute Gasteiger partial charge is 0.323 e. The van der Waals surface area contributed by atoms with Crippen LogP contribution in [0.1, 0.15) is 0 Å². The predicted molar refractivity (Wildman–Crippen MR) is 110 cm³/mol. The van der Waals surface area contributed by atoms with Gasteiger partial charge in [-0.2, -0.15) is 4.98 Å². The zero-order valence-electron chi connectivity index (χ0n) is 16.0. The average molecular weight is 407 g/mol. The lowest BCUT2D eigenvalue weighted by atomic mass is 10.3. The highest BCUT2D eigenvalue weighted by Crippen LogP contribution is 2.29. The molecule has 0 atom stereocenters. The van der Waals surface area contributed by atoms with Crippen molar-refractivity contribution in [2.24, 2.45) is 0 Å². The molecule has 1 aromatic carbocycles. The summed E-state index contributed by atoms with van der Waals surface area (Å²) in [6.45, 7) is 2.75. The number of hydrogen-bond acceptors (Lipinski definition) is 7. The molecule has 28 heavy (non-hydrogen) atoms. The lowest BCUT2D eigenvalue weighted by Crippen LogP contribution is -2.37. The quantitative estimate of drug-likeness (QED) is 0.788. The van der Waals surface area contributed by atoms with E-state index in [4.69, 9.17) is 21.1 Å². The van der Waals surface area contributed by atoms with Gasteiger partial charge in [0.2, 0.25) is 5.95 Å². The topological polar surface area (TPSA) is 91.8 Å². The number of carbonyl (C=O) groups is 1. The van der Waals surface area contributed by atoms with E-state index in [1.165, 1.54) is 7.11 Å². The molecular formula is C18H23ClN6O3. The molecule has 1 fully saturated rings. The highest BCUT2D eigenvalue weighted by molar-refractivity contribution is 6.31. The van der Waals surface area contributed by atoms with Crippen molar-refractivity contribution in [3.05, 3.63) is 29.4 Å². The van der Waals surface area contributed by atoms with Crippen LogP contribution in [-0.4, -0.2) is 63.5 Å². The van der Waals surface area contributed by atoms with E-state index in [9.17, 15) is 4.79 Å². The maximum absolute atomic E-state index is 12.5. The molecule has 0 spiro atoms. The maximum atomic E-state index is 12.5. The third-order valence-corrected chi connectivity index (χ3v) is 4.37. The highest BCUT2D eigenvalue weighted by atomic mass is 35.5. The molecular weight excluding hydrogens is 384 g/mol. The molecule has 1 aliphatic rings. The fraction of sp³-hybridized carbons (Fsp3) is 0.389. The number of methoxy groups -OCH3 is 1. The minimum atomic E-state index is -0.452. The van der Waals surface area contributed by atoms with E-state index < -0.39 is 6.03 Å². The fourth-order valence-corrected chi connectivity index (χ4v) is 2.93. The number of aromatic nitrogens is 2. The standard InChI is InChI=1S/C18H23ClN6O3/c1-24(2)16-14(11-20-17(23-16)25-6-8-28-9-7-25)22-18(26)21-13-10-12(19)4-5-15(13)27-3/h4-5,10-11H,6-9H2,1-3H3,(H2,21,22,26). The van der Waals surface area contributed by atoms with Crippen LogP contribution in [0.15, 0.2) is 24.4 Å². The summed E-state index contributed by atoms with van der Waals surface area (Å²) < 4.78 is 10.6. The number of urea groups is 1. The molecule has 0 bridgehead atoms. The first-order valence-electron chi connectivity index (χ1n) is 8.76. The molecule has 2 aromatic rings. The molecule has 1 aromatic heterocycles. The van der Waals surface area contributed by atoms with Crippen LogP contribution in [0.3, 0.4) is 0 Å². The molecule has 9 nitrogen and oxygen atoms in total. The first-order valence-corrected chi connectivity index (χ1v) is 9.14. The summed E-state index contributed by atoms with van der Waals surface area (Å²) in [5, 5.41) is 6.01. The summed E-state index contributed by atoms with van der Waals surface area (Å²) in [5.74, 6) is 1.71. The molecule has 0 radical (unpaired) electrons. The lowest BCUT2D eigenvalue weighted by Gasteiger charge is -2.28. The first kappa shape index (κ1) is 20.0. The zero-order valence-corrected chi connectivity index (χ0v) is 16.8. The Hall–Kier alpha value is -2.78. The summed E-state index contributed by atoms with van der Waals surface area (Å²) in [7, 11) is 5.23. The summed E-state index contributed by atoms with van der Waals surface area (Å²) in [4.78, 5) is 25.4. The Bertz CT molecular complexity index is 842. The van der Waals surface area contributed by atoms with Crippen molar-refractivity contribution in [1.29, 1.82) is 0 Å². The maximum Gasteiger partial charge on any atom is 0.323 e. The van der Waals surface area contributed by atoms with Crippen molar-refractivity contribution in [3.8, 4) is 5.75 Å². The highest BCUT2D eigenvalue weighted by Gasteiger charge is 2.18. The van der Waals surface area contributed by atoms with Gasteiger partial charge in [-0.1, -0.05) is 11.6 Å². The Morgan fingerprint density at radius 3 is 2.64 bits per heavy atom. The fourth-order valence-electron chi connectivity index (χ4n) is 2.76. The molecule has 10 heteroatoms. The van der Waals surface area contributed by atoms with Crippen LogP contribution in [0, 0.1) is 0 Å². The van der Waals surface area contributed by atoms with Crippen LogP contribution in [0.4, 0.5) is 27.9 Å². The summed E-state index contributed by atoms with van der Waals surface area (Å²) in [5.41, 5.74) is 0.949. The minimum absolute atomic E-state index is 0.452. The SMILES string of the molecule is COc1ccc(Cl)cc1NC(=O)Nc1cnc(N2CCOCC2)nc1N(C)C. The Labute approximate surface area is 168 Å². The Kier molecular flexibility index (Phi) is 6.37. The molecule has 2 N–H and O–H groups in total. The molecule has 2 heterocycles. The molecule has 1 saturated heterocycles. The second-order valence-electron chi connectivity index (χ2n) is 6.32. The number of halogens is 1. The van der Waals surface area contributed by atoms with Crippen LogP contribution in [-0.2, 0) is 4.74 Å². The minimum Gasteiger partial charge on any atom is -0.495 e. The van der Waals surface area contributed by atoms with Gasteiger partial charge in [0.25, 0.3) is 0 Å². The van der Waals surface area contributed by atoms with Crippen molar-refractivity contribution < 1.29 is 14.3 Å². The predicted octanol–water partition coefficient (Wildman–Crippen LogP) is 2.69. The van der Waals surface area contributed by atoms with Gasteiger partial charge in [-0.3, -0.25) is 0 Å². The van der Waals surface area contributed by atoms with E-state index in [0.717, 1.165) is 13.1 Å². The zero-order chi connectivity index (χ0) is 20.1. The Balaban J connectivity index is 1.77. The van der Waals surface area contributed by atoms with Gasteiger partial charge < -0.3 is 29.9 Å². The molecule has 0 saturated carbocycles. The van der Waals surface area contributed by atoms with Crippen LogP contribution < -0.4 is 25.2 Å². The third kappa shape index (κ3) is 4.73. The van der Waals surface area contributed by atoms with E-state index in [1.807, 2.05) is 19.0 Å².